The van der Waals surface area contributed by atoms with Gasteiger partial charge in [0.25, 0.3) is 0 Å². The van der Waals surface area contributed by atoms with Crippen LogP contribution in [-0.4, -0.2) is 22.2 Å². The molecule has 0 aliphatic heterocycles. The summed E-state index contributed by atoms with van der Waals surface area (Å²) in [5.41, 5.74) is 2.07. The van der Waals surface area contributed by atoms with Gasteiger partial charge in [-0.25, -0.2) is 4.79 Å². The molecule has 22 heavy (non-hydrogen) atoms. The highest BCUT2D eigenvalue weighted by molar-refractivity contribution is 5.95. The number of carboxylic acids is 2. The first-order valence-electron chi connectivity index (χ1n) is 8.50. The molecule has 0 radical (unpaired) electrons. The summed E-state index contributed by atoms with van der Waals surface area (Å²) in [4.78, 5) is 23.4. The zero-order chi connectivity index (χ0) is 15.9. The van der Waals surface area contributed by atoms with Crippen LogP contribution < -0.4 is 0 Å². The molecule has 4 nitrogen and oxygen atoms in total. The van der Waals surface area contributed by atoms with E-state index in [4.69, 9.17) is 0 Å². The Morgan fingerprint density at radius 2 is 1.59 bits per heavy atom. The first kappa shape index (κ1) is 16.8. The molecule has 2 aliphatic rings. The number of carboxylic acid groups (broad SMARTS) is 2. The molecular weight excluding hydrogens is 280 g/mol. The number of allylic oxidation sites excluding steroid dienone is 3. The average molecular weight is 306 g/mol. The summed E-state index contributed by atoms with van der Waals surface area (Å²) >= 11 is 0. The van der Waals surface area contributed by atoms with Gasteiger partial charge in [-0.3, -0.25) is 4.79 Å². The molecule has 1 atom stereocenters. The molecule has 0 saturated heterocycles. The fourth-order valence-corrected chi connectivity index (χ4v) is 3.64. The SMILES string of the molecule is O=C(O)C1=C(C2=CCCCCCC2)CCCCCC1C(=O)O. The second kappa shape index (κ2) is 8.16. The molecule has 0 saturated carbocycles. The molecule has 2 N–H and O–H groups in total. The molecule has 0 bridgehead atoms. The molecule has 0 aromatic rings. The van der Waals surface area contributed by atoms with Crippen LogP contribution in [0.2, 0.25) is 0 Å². The van der Waals surface area contributed by atoms with Crippen molar-refractivity contribution in [3.05, 3.63) is 22.8 Å². The fraction of sp³-hybridized carbons (Fsp3) is 0.667. The molecule has 4 heteroatoms. The normalized spacial score (nSPS) is 24.5. The maximum Gasteiger partial charge on any atom is 0.332 e. The van der Waals surface area contributed by atoms with Crippen LogP contribution in [0.5, 0.6) is 0 Å². The van der Waals surface area contributed by atoms with Crippen molar-refractivity contribution in [2.75, 3.05) is 0 Å². The Balaban J connectivity index is 2.45. The lowest BCUT2D eigenvalue weighted by atomic mass is 9.80. The fourth-order valence-electron chi connectivity index (χ4n) is 3.64. The molecule has 2 aliphatic carbocycles. The molecule has 0 heterocycles. The highest BCUT2D eigenvalue weighted by atomic mass is 16.4. The van der Waals surface area contributed by atoms with Crippen LogP contribution in [0.25, 0.3) is 0 Å². The molecule has 122 valence electrons. The molecule has 1 unspecified atom stereocenters. The van der Waals surface area contributed by atoms with Crippen LogP contribution in [0.4, 0.5) is 0 Å². The Bertz CT molecular complexity index is 487. The summed E-state index contributed by atoms with van der Waals surface area (Å²) < 4.78 is 0. The maximum absolute atomic E-state index is 11.8. The predicted molar refractivity (Wildman–Crippen MR) is 84.7 cm³/mol. The van der Waals surface area contributed by atoms with Crippen LogP contribution in [-0.2, 0) is 9.59 Å². The lowest BCUT2D eigenvalue weighted by molar-refractivity contribution is -0.144. The third kappa shape index (κ3) is 4.21. The number of rotatable bonds is 3. The van der Waals surface area contributed by atoms with E-state index < -0.39 is 17.9 Å². The van der Waals surface area contributed by atoms with E-state index in [1.54, 1.807) is 0 Å². The predicted octanol–water partition coefficient (Wildman–Crippen LogP) is 4.31. The summed E-state index contributed by atoms with van der Waals surface area (Å²) in [5, 5.41) is 19.1. The molecule has 0 amide bonds. The molecule has 0 aromatic heterocycles. The highest BCUT2D eigenvalue weighted by Crippen LogP contribution is 2.35. The first-order valence-corrected chi connectivity index (χ1v) is 8.50. The van der Waals surface area contributed by atoms with Gasteiger partial charge in [0.15, 0.2) is 0 Å². The molecule has 0 spiro atoms. The van der Waals surface area contributed by atoms with Gasteiger partial charge in [-0.05, 0) is 56.1 Å². The Hall–Kier alpha value is -1.58. The van der Waals surface area contributed by atoms with Crippen molar-refractivity contribution in [2.24, 2.45) is 5.92 Å². The van der Waals surface area contributed by atoms with Crippen molar-refractivity contribution < 1.29 is 19.8 Å². The van der Waals surface area contributed by atoms with E-state index in [9.17, 15) is 19.8 Å². The van der Waals surface area contributed by atoms with Gasteiger partial charge in [0.1, 0.15) is 0 Å². The van der Waals surface area contributed by atoms with Crippen molar-refractivity contribution in [1.82, 2.24) is 0 Å². The van der Waals surface area contributed by atoms with E-state index in [0.717, 1.165) is 56.1 Å². The minimum atomic E-state index is -1.05. The summed E-state index contributed by atoms with van der Waals surface area (Å²) in [6.45, 7) is 0. The van der Waals surface area contributed by atoms with E-state index in [0.29, 0.717) is 12.8 Å². The quantitative estimate of drug-likeness (QED) is 0.814. The summed E-state index contributed by atoms with van der Waals surface area (Å²) in [6.07, 6.45) is 12.5. The van der Waals surface area contributed by atoms with Crippen molar-refractivity contribution >= 4 is 11.9 Å². The third-order valence-electron chi connectivity index (χ3n) is 4.80. The van der Waals surface area contributed by atoms with Gasteiger partial charge in [0.05, 0.1) is 11.5 Å². The van der Waals surface area contributed by atoms with Gasteiger partial charge in [0.2, 0.25) is 0 Å². The third-order valence-corrected chi connectivity index (χ3v) is 4.80. The summed E-state index contributed by atoms with van der Waals surface area (Å²) in [7, 11) is 0. The molecule has 2 rings (SSSR count). The van der Waals surface area contributed by atoms with Crippen molar-refractivity contribution in [2.45, 2.75) is 70.6 Å². The number of carbonyl (C=O) groups is 2. The minimum absolute atomic E-state index is 0.152. The van der Waals surface area contributed by atoms with Crippen molar-refractivity contribution in [3.63, 3.8) is 0 Å². The van der Waals surface area contributed by atoms with Gasteiger partial charge >= 0.3 is 11.9 Å². The smallest absolute Gasteiger partial charge is 0.332 e. The lowest BCUT2D eigenvalue weighted by Crippen LogP contribution is -2.24. The maximum atomic E-state index is 11.8. The molecule has 0 fully saturated rings. The van der Waals surface area contributed by atoms with E-state index in [1.165, 1.54) is 12.8 Å². The van der Waals surface area contributed by atoms with Crippen LogP contribution in [0.1, 0.15) is 70.6 Å². The minimum Gasteiger partial charge on any atom is -0.481 e. The Kier molecular flexibility index (Phi) is 6.22. The first-order chi connectivity index (χ1) is 10.6. The Labute approximate surface area is 131 Å². The second-order valence-electron chi connectivity index (χ2n) is 6.37. The summed E-state index contributed by atoms with van der Waals surface area (Å²) in [6, 6.07) is 0. The van der Waals surface area contributed by atoms with Crippen LogP contribution in [0.15, 0.2) is 22.8 Å². The van der Waals surface area contributed by atoms with Gasteiger partial charge in [-0.1, -0.05) is 31.8 Å². The van der Waals surface area contributed by atoms with Crippen molar-refractivity contribution in [1.29, 1.82) is 0 Å². The summed E-state index contributed by atoms with van der Waals surface area (Å²) in [5.74, 6) is -2.91. The molecule has 0 aromatic carbocycles. The van der Waals surface area contributed by atoms with E-state index in [-0.39, 0.29) is 5.57 Å². The number of aliphatic carboxylic acids is 2. The lowest BCUT2D eigenvalue weighted by Gasteiger charge is -2.24. The van der Waals surface area contributed by atoms with Crippen LogP contribution in [0.3, 0.4) is 0 Å². The van der Waals surface area contributed by atoms with Crippen LogP contribution >= 0.6 is 0 Å². The van der Waals surface area contributed by atoms with Gasteiger partial charge in [-0.15, -0.1) is 0 Å². The monoisotopic (exact) mass is 306 g/mol. The largest absolute Gasteiger partial charge is 0.481 e. The highest BCUT2D eigenvalue weighted by Gasteiger charge is 2.32. The second-order valence-corrected chi connectivity index (χ2v) is 6.37. The van der Waals surface area contributed by atoms with Gasteiger partial charge in [0, 0.05) is 0 Å². The molecular formula is C18H26O4. The topological polar surface area (TPSA) is 74.6 Å². The van der Waals surface area contributed by atoms with E-state index in [2.05, 4.69) is 6.08 Å². The Morgan fingerprint density at radius 1 is 0.909 bits per heavy atom. The van der Waals surface area contributed by atoms with Gasteiger partial charge in [-0.2, -0.15) is 0 Å². The van der Waals surface area contributed by atoms with Crippen LogP contribution in [0, 0.1) is 5.92 Å². The average Bonchev–Trinajstić information content (AvgIpc) is 2.38. The zero-order valence-corrected chi connectivity index (χ0v) is 13.1. The Morgan fingerprint density at radius 3 is 2.32 bits per heavy atom. The number of hydrogen-bond donors (Lipinski definition) is 2. The standard InChI is InChI=1S/C18H26O4/c19-17(20)15-12-8-4-7-11-14(16(15)18(21)22)13-9-5-2-1-3-6-10-13/h9,15H,1-8,10-12H2,(H,19,20)(H,21,22). The zero-order valence-electron chi connectivity index (χ0n) is 13.1. The van der Waals surface area contributed by atoms with E-state index >= 15 is 0 Å². The van der Waals surface area contributed by atoms with Crippen molar-refractivity contribution in [3.8, 4) is 0 Å². The number of hydrogen-bond acceptors (Lipinski definition) is 2. The van der Waals surface area contributed by atoms with E-state index in [1.807, 2.05) is 0 Å². The van der Waals surface area contributed by atoms with Gasteiger partial charge < -0.3 is 10.2 Å².